The Morgan fingerprint density at radius 3 is 2.59 bits per heavy atom. The predicted octanol–water partition coefficient (Wildman–Crippen LogP) is 3.71. The number of carbonyl (C=O) groups excluding carboxylic acids is 1. The molecule has 1 aromatic rings. The van der Waals surface area contributed by atoms with Crippen molar-refractivity contribution in [1.29, 1.82) is 0 Å². The molecule has 0 radical (unpaired) electrons. The Bertz CT molecular complexity index is 749. The number of likely N-dealkylation sites (tertiary alicyclic amines) is 1. The molecule has 1 unspecified atom stereocenters. The number of alkyl halides is 3. The van der Waals surface area contributed by atoms with Crippen LogP contribution < -0.4 is 9.64 Å². The van der Waals surface area contributed by atoms with E-state index in [1.807, 2.05) is 9.80 Å². The molecule has 1 atom stereocenters. The summed E-state index contributed by atoms with van der Waals surface area (Å²) >= 11 is 0. The van der Waals surface area contributed by atoms with Crippen molar-refractivity contribution in [3.05, 3.63) is 24.3 Å². The van der Waals surface area contributed by atoms with Crippen LogP contribution in [0.25, 0.3) is 0 Å². The lowest BCUT2D eigenvalue weighted by molar-refractivity contribution is -0.274. The van der Waals surface area contributed by atoms with Gasteiger partial charge in [-0.15, -0.1) is 13.2 Å². The van der Waals surface area contributed by atoms with E-state index in [0.29, 0.717) is 18.8 Å². The van der Waals surface area contributed by atoms with Gasteiger partial charge in [0.1, 0.15) is 5.75 Å². The lowest BCUT2D eigenvalue weighted by Gasteiger charge is -2.41. The van der Waals surface area contributed by atoms with E-state index in [0.717, 1.165) is 51.5 Å². The van der Waals surface area contributed by atoms with Crippen molar-refractivity contribution in [2.75, 3.05) is 24.5 Å². The van der Waals surface area contributed by atoms with Gasteiger partial charge in [0.2, 0.25) is 5.91 Å². The van der Waals surface area contributed by atoms with Crippen LogP contribution >= 0.6 is 0 Å². The van der Waals surface area contributed by atoms with Crippen LogP contribution in [0.15, 0.2) is 24.3 Å². The van der Waals surface area contributed by atoms with Crippen molar-refractivity contribution >= 4 is 11.6 Å². The number of anilines is 1. The first-order valence-electron chi connectivity index (χ1n) is 10.4. The Labute approximate surface area is 168 Å². The highest BCUT2D eigenvalue weighted by atomic mass is 19.4. The summed E-state index contributed by atoms with van der Waals surface area (Å²) in [4.78, 5) is 17.4. The molecule has 5 nitrogen and oxygen atoms in total. The van der Waals surface area contributed by atoms with Crippen LogP contribution in [0.4, 0.5) is 18.9 Å². The van der Waals surface area contributed by atoms with Crippen LogP contribution in [0.2, 0.25) is 0 Å². The molecule has 8 heteroatoms. The van der Waals surface area contributed by atoms with Crippen LogP contribution in [0.5, 0.6) is 5.75 Å². The molecule has 1 aromatic carbocycles. The summed E-state index contributed by atoms with van der Waals surface area (Å²) in [6.45, 7) is 1.96. The third kappa shape index (κ3) is 4.32. The van der Waals surface area contributed by atoms with E-state index in [1.165, 1.54) is 12.1 Å². The molecule has 1 aliphatic carbocycles. The van der Waals surface area contributed by atoms with Crippen molar-refractivity contribution in [2.45, 2.75) is 63.5 Å². The Morgan fingerprint density at radius 1 is 1.10 bits per heavy atom. The summed E-state index contributed by atoms with van der Waals surface area (Å²) < 4.78 is 41.7. The zero-order chi connectivity index (χ0) is 20.6. The molecule has 2 heterocycles. The quantitative estimate of drug-likeness (QED) is 0.823. The second-order valence-electron chi connectivity index (χ2n) is 8.56. The molecule has 4 rings (SSSR count). The van der Waals surface area contributed by atoms with Crippen molar-refractivity contribution in [3.8, 4) is 5.75 Å². The molecular weight excluding hydrogens is 385 g/mol. The molecule has 1 N–H and O–H groups in total. The number of piperidine rings is 1. The van der Waals surface area contributed by atoms with Crippen molar-refractivity contribution in [2.24, 2.45) is 5.41 Å². The third-order valence-corrected chi connectivity index (χ3v) is 6.65. The second kappa shape index (κ2) is 7.70. The highest BCUT2D eigenvalue weighted by Crippen LogP contribution is 2.43. The fourth-order valence-electron chi connectivity index (χ4n) is 5.17. The summed E-state index contributed by atoms with van der Waals surface area (Å²) in [6, 6.07) is 6.20. The number of halogens is 3. The maximum Gasteiger partial charge on any atom is 0.573 e. The van der Waals surface area contributed by atoms with Gasteiger partial charge in [0.05, 0.1) is 11.5 Å². The number of amides is 1. The maximum absolute atomic E-state index is 13.4. The van der Waals surface area contributed by atoms with Gasteiger partial charge in [0, 0.05) is 37.4 Å². The number of aliphatic hydroxyl groups is 1. The highest BCUT2D eigenvalue weighted by molar-refractivity contribution is 5.86. The molecule has 0 bridgehead atoms. The van der Waals surface area contributed by atoms with Crippen LogP contribution in [0.1, 0.15) is 44.9 Å². The van der Waals surface area contributed by atoms with Crippen LogP contribution in [0, 0.1) is 5.41 Å². The van der Waals surface area contributed by atoms with E-state index in [-0.39, 0.29) is 23.8 Å². The number of hydrogen-bond donors (Lipinski definition) is 1. The molecule has 2 aliphatic heterocycles. The average Bonchev–Trinajstić information content (AvgIpc) is 2.97. The van der Waals surface area contributed by atoms with E-state index in [9.17, 15) is 23.1 Å². The Morgan fingerprint density at radius 2 is 1.86 bits per heavy atom. The first-order valence-corrected chi connectivity index (χ1v) is 10.4. The molecule has 1 spiro atoms. The SMILES string of the molecule is O=C1N(C2CCC(O)CC2)CCC12CCCN(c1cccc(OC(F)(F)F)c1)C2. The summed E-state index contributed by atoms with van der Waals surface area (Å²) in [7, 11) is 0. The molecule has 0 aromatic heterocycles. The first-order chi connectivity index (χ1) is 13.8. The highest BCUT2D eigenvalue weighted by Gasteiger charge is 2.50. The normalized spacial score (nSPS) is 30.8. The van der Waals surface area contributed by atoms with E-state index in [1.54, 1.807) is 12.1 Å². The molecule has 1 amide bonds. The number of nitrogens with zero attached hydrogens (tertiary/aromatic N) is 2. The zero-order valence-corrected chi connectivity index (χ0v) is 16.3. The summed E-state index contributed by atoms with van der Waals surface area (Å²) in [5, 5.41) is 9.74. The average molecular weight is 412 g/mol. The molecule has 1 saturated carbocycles. The minimum atomic E-state index is -4.72. The Hall–Kier alpha value is -1.96. The number of benzene rings is 1. The third-order valence-electron chi connectivity index (χ3n) is 6.65. The van der Waals surface area contributed by atoms with E-state index >= 15 is 0 Å². The van der Waals surface area contributed by atoms with Gasteiger partial charge in [-0.25, -0.2) is 0 Å². The van der Waals surface area contributed by atoms with Gasteiger partial charge in [0.25, 0.3) is 0 Å². The fraction of sp³-hybridized carbons (Fsp3) is 0.667. The Kier molecular flexibility index (Phi) is 5.40. The zero-order valence-electron chi connectivity index (χ0n) is 16.3. The summed E-state index contributed by atoms with van der Waals surface area (Å²) in [5.74, 6) is -0.0685. The minimum absolute atomic E-state index is 0.172. The van der Waals surface area contributed by atoms with Gasteiger partial charge in [0.15, 0.2) is 0 Å². The molecule has 160 valence electrons. The van der Waals surface area contributed by atoms with E-state index < -0.39 is 11.8 Å². The predicted molar refractivity (Wildman–Crippen MR) is 102 cm³/mol. The number of hydrogen-bond acceptors (Lipinski definition) is 4. The van der Waals surface area contributed by atoms with Gasteiger partial charge >= 0.3 is 6.36 Å². The van der Waals surface area contributed by atoms with E-state index in [2.05, 4.69) is 4.74 Å². The lowest BCUT2D eigenvalue weighted by atomic mass is 9.78. The van der Waals surface area contributed by atoms with Gasteiger partial charge in [-0.2, -0.15) is 0 Å². The number of ether oxygens (including phenoxy) is 1. The molecular formula is C21H27F3N2O3. The second-order valence-corrected chi connectivity index (χ2v) is 8.56. The van der Waals surface area contributed by atoms with Crippen molar-refractivity contribution in [1.82, 2.24) is 4.90 Å². The lowest BCUT2D eigenvalue weighted by Crippen LogP contribution is -2.50. The molecule has 29 heavy (non-hydrogen) atoms. The maximum atomic E-state index is 13.4. The van der Waals surface area contributed by atoms with Crippen LogP contribution in [0.3, 0.4) is 0 Å². The number of aliphatic hydroxyl groups excluding tert-OH is 1. The number of carbonyl (C=O) groups is 1. The monoisotopic (exact) mass is 412 g/mol. The number of rotatable bonds is 3. The Balaban J connectivity index is 1.47. The van der Waals surface area contributed by atoms with Gasteiger partial charge in [-0.3, -0.25) is 4.79 Å². The van der Waals surface area contributed by atoms with E-state index in [4.69, 9.17) is 0 Å². The van der Waals surface area contributed by atoms with Crippen LogP contribution in [-0.4, -0.2) is 54.1 Å². The summed E-state index contributed by atoms with van der Waals surface area (Å²) in [6.07, 6.45) is 0.582. The van der Waals surface area contributed by atoms with Crippen molar-refractivity contribution in [3.63, 3.8) is 0 Å². The molecule has 2 saturated heterocycles. The fourth-order valence-corrected chi connectivity index (χ4v) is 5.17. The van der Waals surface area contributed by atoms with Gasteiger partial charge in [-0.05, 0) is 57.1 Å². The summed E-state index contributed by atoms with van der Waals surface area (Å²) in [5.41, 5.74) is 0.188. The van der Waals surface area contributed by atoms with Gasteiger partial charge < -0.3 is 19.6 Å². The standard InChI is InChI=1S/C21H27F3N2O3/c22-21(23,24)29-18-4-1-3-16(13-18)25-11-2-9-20(14-25)10-12-26(19(20)28)15-5-7-17(27)8-6-15/h1,3-4,13,15,17,27H,2,5-12,14H2. The largest absolute Gasteiger partial charge is 0.573 e. The first kappa shape index (κ1) is 20.3. The van der Waals surface area contributed by atoms with Gasteiger partial charge in [-0.1, -0.05) is 6.07 Å². The molecule has 3 fully saturated rings. The van der Waals surface area contributed by atoms with Crippen LogP contribution in [-0.2, 0) is 4.79 Å². The smallest absolute Gasteiger partial charge is 0.406 e. The minimum Gasteiger partial charge on any atom is -0.406 e. The van der Waals surface area contributed by atoms with Crippen molar-refractivity contribution < 1.29 is 27.8 Å². The molecule has 3 aliphatic rings. The topological polar surface area (TPSA) is 53.0 Å².